The van der Waals surface area contributed by atoms with Crippen molar-refractivity contribution in [3.8, 4) is 0 Å². The quantitative estimate of drug-likeness (QED) is 0.689. The van der Waals surface area contributed by atoms with Crippen LogP contribution in [0.2, 0.25) is 0 Å². The van der Waals surface area contributed by atoms with Gasteiger partial charge >= 0.3 is 0 Å². The first-order chi connectivity index (χ1) is 5.77. The molecule has 0 atom stereocenters. The highest BCUT2D eigenvalue weighted by molar-refractivity contribution is 5.96. The first-order valence-electron chi connectivity index (χ1n) is 3.66. The standard InChI is InChI=1S/C9H10FNO/c10-5-9(12)8-3-1-7(6-11)2-4-8/h1-4H,5-6,11H2. The Hall–Kier alpha value is -1.22. The minimum absolute atomic E-state index is 0.398. The molecule has 0 aliphatic rings. The highest BCUT2D eigenvalue weighted by Gasteiger charge is 2.03. The third kappa shape index (κ3) is 1.89. The van der Waals surface area contributed by atoms with E-state index in [1.807, 2.05) is 0 Å². The van der Waals surface area contributed by atoms with Crippen molar-refractivity contribution < 1.29 is 9.18 Å². The third-order valence-electron chi connectivity index (χ3n) is 1.63. The van der Waals surface area contributed by atoms with Gasteiger partial charge in [-0.2, -0.15) is 0 Å². The van der Waals surface area contributed by atoms with Crippen LogP contribution in [0, 0.1) is 0 Å². The van der Waals surface area contributed by atoms with Gasteiger partial charge in [0.15, 0.2) is 12.5 Å². The van der Waals surface area contributed by atoms with Gasteiger partial charge in [0.25, 0.3) is 0 Å². The lowest BCUT2D eigenvalue weighted by Crippen LogP contribution is -2.02. The lowest BCUT2D eigenvalue weighted by molar-refractivity contribution is 0.0958. The molecule has 0 heterocycles. The molecule has 0 unspecified atom stereocenters. The Balaban J connectivity index is 2.84. The largest absolute Gasteiger partial charge is 0.326 e. The van der Waals surface area contributed by atoms with Gasteiger partial charge in [-0.25, -0.2) is 4.39 Å². The summed E-state index contributed by atoms with van der Waals surface area (Å²) in [6.45, 7) is -0.508. The molecule has 2 N–H and O–H groups in total. The second kappa shape index (κ2) is 3.97. The minimum atomic E-state index is -0.942. The molecule has 0 aliphatic carbocycles. The first kappa shape index (κ1) is 8.87. The van der Waals surface area contributed by atoms with Crippen LogP contribution in [0.1, 0.15) is 15.9 Å². The van der Waals surface area contributed by atoms with E-state index in [0.29, 0.717) is 12.1 Å². The van der Waals surface area contributed by atoms with Crippen LogP contribution >= 0.6 is 0 Å². The Morgan fingerprint density at radius 2 is 1.92 bits per heavy atom. The summed E-state index contributed by atoms with van der Waals surface area (Å²) in [5.74, 6) is -0.487. The Bertz CT molecular complexity index is 268. The van der Waals surface area contributed by atoms with Crippen LogP contribution < -0.4 is 5.73 Å². The molecule has 1 aromatic carbocycles. The maximum atomic E-state index is 11.9. The third-order valence-corrected chi connectivity index (χ3v) is 1.63. The fourth-order valence-corrected chi connectivity index (χ4v) is 0.904. The topological polar surface area (TPSA) is 43.1 Å². The molecule has 0 aliphatic heterocycles. The van der Waals surface area contributed by atoms with E-state index in [0.717, 1.165) is 5.56 Å². The number of nitrogens with two attached hydrogens (primary N) is 1. The van der Waals surface area contributed by atoms with Gasteiger partial charge in [0.2, 0.25) is 0 Å². The lowest BCUT2D eigenvalue weighted by atomic mass is 10.1. The van der Waals surface area contributed by atoms with Crippen LogP contribution in [0.4, 0.5) is 4.39 Å². The van der Waals surface area contributed by atoms with Crippen molar-refractivity contribution >= 4 is 5.78 Å². The van der Waals surface area contributed by atoms with Gasteiger partial charge in [-0.05, 0) is 5.56 Å². The molecule has 0 bridgehead atoms. The van der Waals surface area contributed by atoms with Gasteiger partial charge in [-0.1, -0.05) is 24.3 Å². The Kier molecular flexibility index (Phi) is 2.94. The van der Waals surface area contributed by atoms with E-state index in [2.05, 4.69) is 0 Å². The summed E-state index contributed by atoms with van der Waals surface area (Å²) in [6, 6.07) is 6.62. The molecule has 2 nitrogen and oxygen atoms in total. The second-order valence-electron chi connectivity index (χ2n) is 2.46. The van der Waals surface area contributed by atoms with Crippen molar-refractivity contribution in [2.45, 2.75) is 6.54 Å². The molecule has 1 rings (SSSR count). The van der Waals surface area contributed by atoms with E-state index in [9.17, 15) is 9.18 Å². The molecule has 0 fully saturated rings. The van der Waals surface area contributed by atoms with Crippen LogP contribution in [0.25, 0.3) is 0 Å². The summed E-state index contributed by atoms with van der Waals surface area (Å²) in [5, 5.41) is 0. The molecular formula is C9H10FNO. The summed E-state index contributed by atoms with van der Waals surface area (Å²) >= 11 is 0. The van der Waals surface area contributed by atoms with Crippen LogP contribution in [-0.2, 0) is 6.54 Å². The smallest absolute Gasteiger partial charge is 0.193 e. The van der Waals surface area contributed by atoms with Crippen molar-refractivity contribution in [1.29, 1.82) is 0 Å². The molecule has 12 heavy (non-hydrogen) atoms. The molecular weight excluding hydrogens is 157 g/mol. The Morgan fingerprint density at radius 3 is 2.33 bits per heavy atom. The molecule has 0 saturated heterocycles. The maximum absolute atomic E-state index is 11.9. The molecule has 0 amide bonds. The zero-order valence-electron chi connectivity index (χ0n) is 6.59. The number of carbonyl (C=O) groups excluding carboxylic acids is 1. The monoisotopic (exact) mass is 167 g/mol. The molecule has 0 saturated carbocycles. The number of hydrogen-bond donors (Lipinski definition) is 1. The minimum Gasteiger partial charge on any atom is -0.326 e. The number of halogens is 1. The van der Waals surface area contributed by atoms with Gasteiger partial charge in [0, 0.05) is 12.1 Å². The number of alkyl halides is 1. The van der Waals surface area contributed by atoms with Gasteiger partial charge < -0.3 is 5.73 Å². The SMILES string of the molecule is NCc1ccc(C(=O)CF)cc1. The van der Waals surface area contributed by atoms with Crippen molar-refractivity contribution in [3.63, 3.8) is 0 Å². The van der Waals surface area contributed by atoms with E-state index in [1.165, 1.54) is 0 Å². The average Bonchev–Trinajstić information content (AvgIpc) is 2.17. The zero-order valence-corrected chi connectivity index (χ0v) is 6.59. The number of Topliss-reactive ketones (excluding diaryl/α,β-unsaturated/α-hetero) is 1. The van der Waals surface area contributed by atoms with Crippen molar-refractivity contribution in [2.24, 2.45) is 5.73 Å². The zero-order chi connectivity index (χ0) is 8.97. The van der Waals surface area contributed by atoms with Crippen molar-refractivity contribution in [2.75, 3.05) is 6.67 Å². The number of benzene rings is 1. The first-order valence-corrected chi connectivity index (χ1v) is 3.66. The maximum Gasteiger partial charge on any atom is 0.193 e. The number of rotatable bonds is 3. The van der Waals surface area contributed by atoms with Crippen molar-refractivity contribution in [1.82, 2.24) is 0 Å². The van der Waals surface area contributed by atoms with Crippen LogP contribution in [0.5, 0.6) is 0 Å². The predicted molar refractivity (Wildman–Crippen MR) is 44.6 cm³/mol. The molecule has 0 spiro atoms. The fourth-order valence-electron chi connectivity index (χ4n) is 0.904. The van der Waals surface area contributed by atoms with Gasteiger partial charge in [0.05, 0.1) is 0 Å². The normalized spacial score (nSPS) is 9.83. The van der Waals surface area contributed by atoms with Crippen LogP contribution in [0.3, 0.4) is 0 Å². The van der Waals surface area contributed by atoms with E-state index in [4.69, 9.17) is 5.73 Å². The number of hydrogen-bond acceptors (Lipinski definition) is 2. The fraction of sp³-hybridized carbons (Fsp3) is 0.222. The lowest BCUT2D eigenvalue weighted by Gasteiger charge is -1.98. The second-order valence-corrected chi connectivity index (χ2v) is 2.46. The Labute approximate surface area is 70.2 Å². The predicted octanol–water partition coefficient (Wildman–Crippen LogP) is 1.30. The van der Waals surface area contributed by atoms with E-state index >= 15 is 0 Å². The highest BCUT2D eigenvalue weighted by Crippen LogP contribution is 2.04. The van der Waals surface area contributed by atoms with E-state index in [-0.39, 0.29) is 0 Å². The molecule has 0 aromatic heterocycles. The van der Waals surface area contributed by atoms with Gasteiger partial charge in [-0.3, -0.25) is 4.79 Å². The van der Waals surface area contributed by atoms with Crippen LogP contribution in [-0.4, -0.2) is 12.5 Å². The molecule has 0 radical (unpaired) electrons. The van der Waals surface area contributed by atoms with Crippen LogP contribution in [0.15, 0.2) is 24.3 Å². The molecule has 1 aromatic rings. The summed E-state index contributed by atoms with van der Waals surface area (Å²) in [6.07, 6.45) is 0. The van der Waals surface area contributed by atoms with E-state index in [1.54, 1.807) is 24.3 Å². The Morgan fingerprint density at radius 1 is 1.33 bits per heavy atom. The summed E-state index contributed by atoms with van der Waals surface area (Å²) in [4.78, 5) is 10.8. The summed E-state index contributed by atoms with van der Waals surface area (Å²) in [5.41, 5.74) is 6.68. The summed E-state index contributed by atoms with van der Waals surface area (Å²) in [7, 11) is 0. The number of carbonyl (C=O) groups is 1. The average molecular weight is 167 g/mol. The molecule has 64 valence electrons. The van der Waals surface area contributed by atoms with Gasteiger partial charge in [-0.15, -0.1) is 0 Å². The molecule has 3 heteroatoms. The number of ketones is 1. The highest BCUT2D eigenvalue weighted by atomic mass is 19.1. The van der Waals surface area contributed by atoms with E-state index < -0.39 is 12.5 Å². The van der Waals surface area contributed by atoms with Gasteiger partial charge in [0.1, 0.15) is 0 Å². The van der Waals surface area contributed by atoms with Crippen molar-refractivity contribution in [3.05, 3.63) is 35.4 Å². The summed E-state index contributed by atoms with van der Waals surface area (Å²) < 4.78 is 11.9.